The van der Waals surface area contributed by atoms with E-state index in [1.165, 1.54) is 0 Å². The van der Waals surface area contributed by atoms with Crippen LogP contribution < -0.4 is 19.1 Å². The first kappa shape index (κ1) is 34.3. The van der Waals surface area contributed by atoms with Gasteiger partial charge in [0, 0.05) is 41.4 Å². The number of aryl methyl sites for hydroxylation is 1. The second-order valence-corrected chi connectivity index (χ2v) is 15.9. The van der Waals surface area contributed by atoms with E-state index in [9.17, 15) is 18.3 Å². The van der Waals surface area contributed by atoms with Crippen LogP contribution in [0, 0.1) is 17.8 Å². The number of allylic oxidation sites excluding steroid dienone is 1. The number of ether oxygens (including phenoxy) is 2. The molecule has 1 saturated carbocycles. The molecule has 9 nitrogen and oxygen atoms in total. The van der Waals surface area contributed by atoms with Gasteiger partial charge in [0.25, 0.3) is 5.91 Å². The van der Waals surface area contributed by atoms with Gasteiger partial charge < -0.3 is 19.5 Å². The molecule has 3 aromatic rings. The lowest BCUT2D eigenvalue weighted by Crippen LogP contribution is -2.48. The number of rotatable bonds is 2. The molecule has 11 heteroatoms. The minimum absolute atomic E-state index is 0.0978. The molecule has 1 aliphatic carbocycles. The number of fused-ring (bicyclic) bond motifs is 3. The van der Waals surface area contributed by atoms with E-state index in [2.05, 4.69) is 14.6 Å². The number of methoxy groups -OCH3 is 1. The zero-order chi connectivity index (χ0) is 34.1. The Bertz CT molecular complexity index is 1800. The maximum Gasteiger partial charge on any atom is 0.264 e. The Kier molecular flexibility index (Phi) is 10.1. The average molecular weight is 694 g/mol. The van der Waals surface area contributed by atoms with Crippen molar-refractivity contribution in [2.75, 3.05) is 25.1 Å². The molecule has 256 valence electrons. The first-order valence-corrected chi connectivity index (χ1v) is 18.7. The predicted molar refractivity (Wildman–Crippen MR) is 187 cm³/mol. The SMILES string of the molecule is COc1ncccc1[C@@]1(O)/C=C/C[C@H](C)[C@@H](C)S(=O)(=O)NC(=O)c2ccc3c(c2)N(CCCCc2cc(Cl)ccc2CO3)C[C@@H]2CC[C@H]21. The van der Waals surface area contributed by atoms with Gasteiger partial charge in [-0.25, -0.2) is 18.1 Å². The summed E-state index contributed by atoms with van der Waals surface area (Å²) in [6, 6.07) is 14.6. The summed E-state index contributed by atoms with van der Waals surface area (Å²) in [6.45, 7) is 5.04. The van der Waals surface area contributed by atoms with Crippen LogP contribution in [0.15, 0.2) is 66.9 Å². The number of amides is 1. The highest BCUT2D eigenvalue weighted by atomic mass is 35.5. The van der Waals surface area contributed by atoms with Gasteiger partial charge in [-0.05, 0) is 111 Å². The smallest absolute Gasteiger partial charge is 0.264 e. The summed E-state index contributed by atoms with van der Waals surface area (Å²) >= 11 is 6.35. The number of benzene rings is 2. The summed E-state index contributed by atoms with van der Waals surface area (Å²) in [5, 5.41) is 12.4. The molecule has 1 aromatic heterocycles. The van der Waals surface area contributed by atoms with Gasteiger partial charge in [-0.1, -0.05) is 36.7 Å². The standard InChI is InChI=1S/C37H44ClN3O6S/c1-24-8-6-17-37(43,32-10-7-18-39-36(32)46-3)31-15-12-28(31)22-41-19-5-4-9-26-20-30(38)14-11-29(26)23-47-34-16-13-27(21-33(34)41)35(42)40-48(44,45)25(24)2/h6-7,10-11,13-14,16-18,20-21,24-25,28,31,43H,4-5,8-9,12,15,19,22-23H2,1-3H3,(H,40,42)/b17-6+/t24-,25+,28-,31+,37+/m0/s1. The second-order valence-electron chi connectivity index (χ2n) is 13.4. The van der Waals surface area contributed by atoms with Crippen LogP contribution >= 0.6 is 11.6 Å². The summed E-state index contributed by atoms with van der Waals surface area (Å²) in [6.07, 6.45) is 10.0. The Hall–Kier alpha value is -3.60. The maximum atomic E-state index is 13.5. The third kappa shape index (κ3) is 6.93. The fourth-order valence-corrected chi connectivity index (χ4v) is 8.72. The van der Waals surface area contributed by atoms with Gasteiger partial charge in [-0.2, -0.15) is 0 Å². The fourth-order valence-electron chi connectivity index (χ4n) is 7.24. The van der Waals surface area contributed by atoms with Crippen molar-refractivity contribution in [2.24, 2.45) is 17.8 Å². The van der Waals surface area contributed by atoms with Crippen LogP contribution in [0.3, 0.4) is 0 Å². The van der Waals surface area contributed by atoms with E-state index in [-0.39, 0.29) is 23.3 Å². The van der Waals surface area contributed by atoms with E-state index in [4.69, 9.17) is 21.1 Å². The lowest BCUT2D eigenvalue weighted by molar-refractivity contribution is -0.0514. The van der Waals surface area contributed by atoms with Crippen molar-refractivity contribution < 1.29 is 27.8 Å². The Morgan fingerprint density at radius 1 is 1.10 bits per heavy atom. The first-order valence-electron chi connectivity index (χ1n) is 16.7. The second kappa shape index (κ2) is 14.1. The molecule has 0 unspecified atom stereocenters. The highest BCUT2D eigenvalue weighted by Gasteiger charge is 2.48. The van der Waals surface area contributed by atoms with E-state index in [0.29, 0.717) is 48.3 Å². The van der Waals surface area contributed by atoms with E-state index >= 15 is 0 Å². The highest BCUT2D eigenvalue weighted by molar-refractivity contribution is 7.90. The zero-order valence-electron chi connectivity index (χ0n) is 27.7. The third-order valence-electron chi connectivity index (χ3n) is 10.5. The number of sulfonamides is 1. The Balaban J connectivity index is 1.45. The van der Waals surface area contributed by atoms with Crippen LogP contribution in [-0.2, 0) is 28.7 Å². The average Bonchev–Trinajstić information content (AvgIpc) is 3.08. The van der Waals surface area contributed by atoms with Crippen molar-refractivity contribution in [3.63, 3.8) is 0 Å². The van der Waals surface area contributed by atoms with Crippen LogP contribution in [0.25, 0.3) is 0 Å². The van der Waals surface area contributed by atoms with Gasteiger partial charge in [0.1, 0.15) is 18.0 Å². The quantitative estimate of drug-likeness (QED) is 0.295. The van der Waals surface area contributed by atoms with Gasteiger partial charge in [0.2, 0.25) is 15.9 Å². The van der Waals surface area contributed by atoms with E-state index in [0.717, 1.165) is 48.9 Å². The first-order chi connectivity index (χ1) is 23.0. The molecule has 3 aliphatic rings. The predicted octanol–water partition coefficient (Wildman–Crippen LogP) is 6.42. The number of nitrogens with zero attached hydrogens (tertiary/aromatic N) is 2. The number of aliphatic hydroxyl groups is 1. The zero-order valence-corrected chi connectivity index (χ0v) is 29.3. The summed E-state index contributed by atoms with van der Waals surface area (Å²) in [4.78, 5) is 20.1. The van der Waals surface area contributed by atoms with E-state index in [1.807, 2.05) is 37.3 Å². The van der Waals surface area contributed by atoms with E-state index < -0.39 is 26.8 Å². The molecule has 3 heterocycles. The summed E-state index contributed by atoms with van der Waals surface area (Å²) < 4.78 is 41.3. The Labute approximate surface area is 288 Å². The molecule has 0 saturated heterocycles. The van der Waals surface area contributed by atoms with Crippen LogP contribution in [0.4, 0.5) is 5.69 Å². The Morgan fingerprint density at radius 2 is 1.94 bits per heavy atom. The normalized spacial score (nSPS) is 28.3. The van der Waals surface area contributed by atoms with Crippen LogP contribution in [0.5, 0.6) is 11.6 Å². The van der Waals surface area contributed by atoms with Crippen molar-refractivity contribution in [3.8, 4) is 11.6 Å². The van der Waals surface area contributed by atoms with Crippen molar-refractivity contribution in [1.82, 2.24) is 9.71 Å². The van der Waals surface area contributed by atoms with Crippen LogP contribution in [0.2, 0.25) is 5.02 Å². The van der Waals surface area contributed by atoms with Crippen LogP contribution in [-0.4, -0.2) is 49.9 Å². The molecule has 0 radical (unpaired) electrons. The topological polar surface area (TPSA) is 118 Å². The third-order valence-corrected chi connectivity index (χ3v) is 12.6. The molecular formula is C37H44ClN3O6S. The van der Waals surface area contributed by atoms with Crippen molar-refractivity contribution in [2.45, 2.75) is 69.8 Å². The van der Waals surface area contributed by atoms with Gasteiger partial charge >= 0.3 is 0 Å². The molecule has 0 spiro atoms. The molecule has 48 heavy (non-hydrogen) atoms. The number of nitrogens with one attached hydrogen (secondary N) is 1. The number of carbonyl (C=O) groups excluding carboxylic acids is 1. The minimum Gasteiger partial charge on any atom is -0.487 e. The largest absolute Gasteiger partial charge is 0.487 e. The monoisotopic (exact) mass is 693 g/mol. The maximum absolute atomic E-state index is 13.5. The highest BCUT2D eigenvalue weighted by Crippen LogP contribution is 2.50. The van der Waals surface area contributed by atoms with Gasteiger partial charge in [0.05, 0.1) is 18.0 Å². The number of anilines is 1. The van der Waals surface area contributed by atoms with Gasteiger partial charge in [-0.15, -0.1) is 0 Å². The molecule has 6 rings (SSSR count). The van der Waals surface area contributed by atoms with Crippen LogP contribution in [0.1, 0.15) is 73.0 Å². The minimum atomic E-state index is -4.02. The Morgan fingerprint density at radius 3 is 2.71 bits per heavy atom. The summed E-state index contributed by atoms with van der Waals surface area (Å²) in [5.41, 5.74) is 2.34. The van der Waals surface area contributed by atoms with Gasteiger partial charge in [0.15, 0.2) is 0 Å². The molecule has 1 fully saturated rings. The number of pyridine rings is 1. The molecular weight excluding hydrogens is 650 g/mol. The van der Waals surface area contributed by atoms with Crippen molar-refractivity contribution in [1.29, 1.82) is 0 Å². The lowest BCUT2D eigenvalue weighted by atomic mass is 9.62. The number of carbonyl (C=O) groups is 1. The number of aromatic nitrogens is 1. The molecule has 1 amide bonds. The van der Waals surface area contributed by atoms with Crippen molar-refractivity contribution >= 4 is 33.2 Å². The molecule has 2 bridgehead atoms. The van der Waals surface area contributed by atoms with Gasteiger partial charge in [-0.3, -0.25) is 4.79 Å². The summed E-state index contributed by atoms with van der Waals surface area (Å²) in [7, 11) is -2.47. The van der Waals surface area contributed by atoms with Crippen molar-refractivity contribution in [3.05, 3.63) is 94.2 Å². The number of hydrogen-bond acceptors (Lipinski definition) is 8. The summed E-state index contributed by atoms with van der Waals surface area (Å²) in [5.74, 6) is -0.119. The van der Waals surface area contributed by atoms with E-state index in [1.54, 1.807) is 50.6 Å². The lowest BCUT2D eigenvalue weighted by Gasteiger charge is -2.48. The molecule has 2 aliphatic heterocycles. The molecule has 5 atom stereocenters. The number of halogens is 1. The molecule has 2 aromatic carbocycles. The molecule has 2 N–H and O–H groups in total. The number of hydrogen-bond donors (Lipinski definition) is 2. The fraction of sp³-hybridized carbons (Fsp3) is 0.459.